The molecule has 0 bridgehead atoms. The highest BCUT2D eigenvalue weighted by molar-refractivity contribution is 6.30. The van der Waals surface area contributed by atoms with Crippen LogP contribution in [0.2, 0.25) is 5.02 Å². The average molecular weight is 310 g/mol. The van der Waals surface area contributed by atoms with Crippen molar-refractivity contribution in [3.63, 3.8) is 0 Å². The minimum Gasteiger partial charge on any atom is -0.267 e. The van der Waals surface area contributed by atoms with Crippen LogP contribution in [0.1, 0.15) is 10.4 Å². The van der Waals surface area contributed by atoms with E-state index in [1.807, 2.05) is 30.3 Å². The lowest BCUT2D eigenvalue weighted by Crippen LogP contribution is -2.11. The van der Waals surface area contributed by atoms with Gasteiger partial charge in [0, 0.05) is 16.8 Å². The van der Waals surface area contributed by atoms with Gasteiger partial charge in [-0.2, -0.15) is 5.10 Å². The Labute approximate surface area is 132 Å². The summed E-state index contributed by atoms with van der Waals surface area (Å²) >= 11 is 5.80. The lowest BCUT2D eigenvalue weighted by molar-refractivity contribution is 0.0998. The summed E-state index contributed by atoms with van der Waals surface area (Å²) in [5.41, 5.74) is 1.43. The Bertz CT molecular complexity index is 835. The zero-order chi connectivity index (χ0) is 15.4. The molecule has 0 unspecified atom stereocenters. The number of benzene rings is 2. The molecule has 0 aliphatic rings. The SMILES string of the molecule is O=C(/N=c1\ccn(-c2ccccc2)nc1)c1ccc(Cl)cc1. The van der Waals surface area contributed by atoms with E-state index in [4.69, 9.17) is 11.6 Å². The molecule has 3 rings (SSSR count). The molecule has 4 nitrogen and oxygen atoms in total. The van der Waals surface area contributed by atoms with Crippen LogP contribution in [0.5, 0.6) is 0 Å². The van der Waals surface area contributed by atoms with E-state index in [0.29, 0.717) is 15.9 Å². The first-order valence-electron chi connectivity index (χ1n) is 6.67. The predicted octanol–water partition coefficient (Wildman–Crippen LogP) is 3.27. The van der Waals surface area contributed by atoms with E-state index in [2.05, 4.69) is 10.1 Å². The molecule has 1 heterocycles. The van der Waals surface area contributed by atoms with Crippen LogP contribution < -0.4 is 5.36 Å². The first kappa shape index (κ1) is 14.2. The van der Waals surface area contributed by atoms with Gasteiger partial charge in [-0.25, -0.2) is 9.67 Å². The van der Waals surface area contributed by atoms with Crippen molar-refractivity contribution < 1.29 is 4.79 Å². The lowest BCUT2D eigenvalue weighted by Gasteiger charge is -2.03. The molecule has 0 saturated carbocycles. The summed E-state index contributed by atoms with van der Waals surface area (Å²) in [7, 11) is 0. The Balaban J connectivity index is 1.86. The Hall–Kier alpha value is -2.72. The van der Waals surface area contributed by atoms with Crippen LogP contribution >= 0.6 is 11.6 Å². The lowest BCUT2D eigenvalue weighted by atomic mass is 10.2. The van der Waals surface area contributed by atoms with Gasteiger partial charge in [0.25, 0.3) is 5.91 Å². The largest absolute Gasteiger partial charge is 0.277 e. The standard InChI is InChI=1S/C17H12ClN3O/c18-14-8-6-13(7-9-14)17(22)20-15-10-11-21(19-12-15)16-4-2-1-3-5-16/h1-12H/b20-15+. The topological polar surface area (TPSA) is 47.2 Å². The number of aromatic nitrogens is 2. The number of hydrogen-bond acceptors (Lipinski definition) is 2. The van der Waals surface area contributed by atoms with Crippen molar-refractivity contribution in [2.24, 2.45) is 4.99 Å². The van der Waals surface area contributed by atoms with Crippen LogP contribution in [-0.2, 0) is 0 Å². The number of halogens is 1. The molecule has 22 heavy (non-hydrogen) atoms. The van der Waals surface area contributed by atoms with Gasteiger partial charge in [0.2, 0.25) is 0 Å². The summed E-state index contributed by atoms with van der Waals surface area (Å²) in [6.07, 6.45) is 3.32. The van der Waals surface area contributed by atoms with E-state index < -0.39 is 0 Å². The molecular formula is C17H12ClN3O. The summed E-state index contributed by atoms with van der Waals surface area (Å²) in [5, 5.41) is 5.35. The van der Waals surface area contributed by atoms with Gasteiger partial charge in [-0.3, -0.25) is 4.79 Å². The molecule has 0 spiro atoms. The van der Waals surface area contributed by atoms with Crippen LogP contribution in [0.4, 0.5) is 0 Å². The van der Waals surface area contributed by atoms with Crippen molar-refractivity contribution >= 4 is 17.5 Å². The molecule has 108 valence electrons. The smallest absolute Gasteiger partial charge is 0.267 e. The monoisotopic (exact) mass is 309 g/mol. The maximum Gasteiger partial charge on any atom is 0.277 e. The van der Waals surface area contributed by atoms with Crippen molar-refractivity contribution in [2.45, 2.75) is 0 Å². The molecule has 2 aromatic carbocycles. The maximum absolute atomic E-state index is 12.0. The van der Waals surface area contributed by atoms with Crippen LogP contribution in [0.25, 0.3) is 5.69 Å². The minimum absolute atomic E-state index is 0.323. The van der Waals surface area contributed by atoms with E-state index in [1.54, 1.807) is 47.4 Å². The second-order valence-corrected chi connectivity index (χ2v) is 5.03. The second-order valence-electron chi connectivity index (χ2n) is 4.59. The van der Waals surface area contributed by atoms with E-state index in [-0.39, 0.29) is 5.91 Å². The number of carbonyl (C=O) groups is 1. The average Bonchev–Trinajstić information content (AvgIpc) is 2.57. The molecule has 0 N–H and O–H groups in total. The van der Waals surface area contributed by atoms with Gasteiger partial charge in [0.1, 0.15) is 0 Å². The second kappa shape index (κ2) is 6.37. The van der Waals surface area contributed by atoms with Gasteiger partial charge in [0.15, 0.2) is 0 Å². The fourth-order valence-electron chi connectivity index (χ4n) is 1.92. The number of hydrogen-bond donors (Lipinski definition) is 0. The molecule has 1 amide bonds. The van der Waals surface area contributed by atoms with Gasteiger partial charge < -0.3 is 0 Å². The van der Waals surface area contributed by atoms with Crippen molar-refractivity contribution in [2.75, 3.05) is 0 Å². The molecule has 3 aromatic rings. The van der Waals surface area contributed by atoms with Crippen LogP contribution in [0.3, 0.4) is 0 Å². The molecule has 0 fully saturated rings. The fraction of sp³-hybridized carbons (Fsp3) is 0. The Morgan fingerprint density at radius 1 is 1.00 bits per heavy atom. The zero-order valence-electron chi connectivity index (χ0n) is 11.6. The predicted molar refractivity (Wildman–Crippen MR) is 84.9 cm³/mol. The third-order valence-electron chi connectivity index (χ3n) is 3.04. The van der Waals surface area contributed by atoms with Crippen LogP contribution in [0.15, 0.2) is 78.0 Å². The van der Waals surface area contributed by atoms with Crippen molar-refractivity contribution in [1.82, 2.24) is 9.78 Å². The molecule has 1 aromatic heterocycles. The summed E-state index contributed by atoms with van der Waals surface area (Å²) in [4.78, 5) is 16.1. The summed E-state index contributed by atoms with van der Waals surface area (Å²) in [6, 6.07) is 18.1. The molecular weight excluding hydrogens is 298 g/mol. The number of rotatable bonds is 2. The maximum atomic E-state index is 12.0. The Morgan fingerprint density at radius 2 is 1.73 bits per heavy atom. The van der Waals surface area contributed by atoms with Crippen molar-refractivity contribution in [3.8, 4) is 5.69 Å². The molecule has 5 heteroatoms. The van der Waals surface area contributed by atoms with E-state index in [1.165, 1.54) is 0 Å². The first-order chi connectivity index (χ1) is 10.7. The van der Waals surface area contributed by atoms with Gasteiger partial charge in [-0.15, -0.1) is 0 Å². The van der Waals surface area contributed by atoms with Gasteiger partial charge in [-0.05, 0) is 42.5 Å². The third-order valence-corrected chi connectivity index (χ3v) is 3.30. The molecule has 0 saturated heterocycles. The summed E-state index contributed by atoms with van der Waals surface area (Å²) < 4.78 is 1.71. The fourth-order valence-corrected chi connectivity index (χ4v) is 2.05. The molecule has 0 aliphatic carbocycles. The first-order valence-corrected chi connectivity index (χ1v) is 7.05. The molecule has 0 atom stereocenters. The highest BCUT2D eigenvalue weighted by Gasteiger charge is 2.03. The zero-order valence-corrected chi connectivity index (χ0v) is 12.3. The number of amides is 1. The Kier molecular flexibility index (Phi) is 4.12. The van der Waals surface area contributed by atoms with E-state index >= 15 is 0 Å². The van der Waals surface area contributed by atoms with Gasteiger partial charge in [0.05, 0.1) is 17.2 Å². The quantitative estimate of drug-likeness (QED) is 0.729. The Morgan fingerprint density at radius 3 is 2.36 bits per heavy atom. The molecule has 0 radical (unpaired) electrons. The third kappa shape index (κ3) is 3.30. The normalized spacial score (nSPS) is 11.4. The molecule has 0 aliphatic heterocycles. The highest BCUT2D eigenvalue weighted by atomic mass is 35.5. The number of carbonyl (C=O) groups excluding carboxylic acids is 1. The van der Waals surface area contributed by atoms with Crippen LogP contribution in [-0.4, -0.2) is 15.7 Å². The van der Waals surface area contributed by atoms with E-state index in [0.717, 1.165) is 5.69 Å². The summed E-state index contributed by atoms with van der Waals surface area (Å²) in [6.45, 7) is 0. The number of nitrogens with zero attached hydrogens (tertiary/aromatic N) is 3. The summed E-state index contributed by atoms with van der Waals surface area (Å²) in [5.74, 6) is -0.323. The van der Waals surface area contributed by atoms with Crippen LogP contribution in [0, 0.1) is 0 Å². The van der Waals surface area contributed by atoms with Crippen molar-refractivity contribution in [1.29, 1.82) is 0 Å². The minimum atomic E-state index is -0.323. The van der Waals surface area contributed by atoms with Gasteiger partial charge in [-0.1, -0.05) is 29.8 Å². The van der Waals surface area contributed by atoms with Gasteiger partial charge >= 0.3 is 0 Å². The van der Waals surface area contributed by atoms with E-state index in [9.17, 15) is 4.79 Å². The van der Waals surface area contributed by atoms with Crippen molar-refractivity contribution in [3.05, 3.63) is 89.0 Å². The number of para-hydroxylation sites is 1. The highest BCUT2D eigenvalue weighted by Crippen LogP contribution is 2.10.